The third kappa shape index (κ3) is 4.26. The van der Waals surface area contributed by atoms with Crippen LogP contribution in [0, 0.1) is 13.8 Å². The molecule has 1 unspecified atom stereocenters. The fourth-order valence-electron chi connectivity index (χ4n) is 5.44. The Bertz CT molecular complexity index is 1530. The van der Waals surface area contributed by atoms with Crippen LogP contribution < -0.4 is 26.5 Å². The Kier molecular flexibility index (Phi) is 5.56. The van der Waals surface area contributed by atoms with Crippen molar-refractivity contribution in [3.8, 4) is 0 Å². The Labute approximate surface area is 213 Å². The van der Waals surface area contributed by atoms with Crippen LogP contribution in [-0.2, 0) is 6.54 Å². The summed E-state index contributed by atoms with van der Waals surface area (Å²) in [4.78, 5) is 23.0. The van der Waals surface area contributed by atoms with Crippen LogP contribution in [0.5, 0.6) is 0 Å². The minimum Gasteiger partial charge on any atom is -0.369 e. The van der Waals surface area contributed by atoms with Gasteiger partial charge >= 0.3 is 0 Å². The van der Waals surface area contributed by atoms with E-state index >= 15 is 0 Å². The van der Waals surface area contributed by atoms with Crippen molar-refractivity contribution in [2.45, 2.75) is 32.5 Å². The number of anilines is 2. The zero-order chi connectivity index (χ0) is 24.9. The third-order valence-electron chi connectivity index (χ3n) is 7.66. The van der Waals surface area contributed by atoms with E-state index in [1.165, 1.54) is 22.4 Å². The molecule has 1 aromatic heterocycles. The molecular weight excluding hydrogens is 446 g/mol. The van der Waals surface area contributed by atoms with Gasteiger partial charge in [-0.05, 0) is 80.1 Å². The topological polar surface area (TPSA) is 52.9 Å². The minimum absolute atomic E-state index is 0. The number of piperazine rings is 1. The molecule has 1 fully saturated rings. The van der Waals surface area contributed by atoms with E-state index in [0.29, 0.717) is 6.54 Å². The predicted octanol–water partition coefficient (Wildman–Crippen LogP) is 3.06. The van der Waals surface area contributed by atoms with Crippen molar-refractivity contribution in [1.29, 1.82) is 0 Å². The van der Waals surface area contributed by atoms with E-state index in [1.807, 2.05) is 10.6 Å². The maximum absolute atomic E-state index is 13.0. The number of aryl methyl sites for hydroxylation is 2. The van der Waals surface area contributed by atoms with Crippen molar-refractivity contribution in [2.75, 3.05) is 43.4 Å². The molecule has 186 valence electrons. The quantitative estimate of drug-likeness (QED) is 0.609. The molecule has 1 atom stereocenters. The number of benzene rings is 2. The smallest absolute Gasteiger partial charge is 0.252 e. The van der Waals surface area contributed by atoms with Crippen molar-refractivity contribution in [1.82, 2.24) is 9.47 Å². The van der Waals surface area contributed by atoms with E-state index in [9.17, 15) is 4.79 Å². The van der Waals surface area contributed by atoms with Gasteiger partial charge in [-0.25, -0.2) is 4.99 Å². The summed E-state index contributed by atoms with van der Waals surface area (Å²) in [5, 5.41) is 4.67. The van der Waals surface area contributed by atoms with Crippen molar-refractivity contribution in [3.05, 3.63) is 104 Å². The summed E-state index contributed by atoms with van der Waals surface area (Å²) in [6, 6.07) is 18.6. The Morgan fingerprint density at radius 2 is 1.75 bits per heavy atom. The van der Waals surface area contributed by atoms with E-state index in [4.69, 9.17) is 4.99 Å². The van der Waals surface area contributed by atoms with E-state index in [-0.39, 0.29) is 6.99 Å². The molecule has 6 nitrogen and oxygen atoms in total. The molecule has 36 heavy (non-hydrogen) atoms. The predicted molar refractivity (Wildman–Crippen MR) is 148 cm³/mol. The number of nitrogens with one attached hydrogen (secondary N) is 1. The van der Waals surface area contributed by atoms with Crippen molar-refractivity contribution in [2.24, 2.45) is 4.99 Å². The average Bonchev–Trinajstić information content (AvgIpc) is 3.10. The first kappa shape index (κ1) is 22.8. The average molecular weight is 482 g/mol. The van der Waals surface area contributed by atoms with Gasteiger partial charge in [0.25, 0.3) is 5.56 Å². The molecule has 4 heterocycles. The van der Waals surface area contributed by atoms with Crippen molar-refractivity contribution < 1.29 is 1.43 Å². The molecular formula is C30H35N5O. The van der Waals surface area contributed by atoms with Crippen LogP contribution >= 0.6 is 0 Å². The summed E-state index contributed by atoms with van der Waals surface area (Å²) in [5.41, 5.74) is 7.25. The van der Waals surface area contributed by atoms with Gasteiger partial charge in [0.1, 0.15) is 5.49 Å². The summed E-state index contributed by atoms with van der Waals surface area (Å²) >= 11 is 0. The third-order valence-corrected chi connectivity index (χ3v) is 7.66. The highest BCUT2D eigenvalue weighted by molar-refractivity contribution is 5.62. The first-order chi connectivity index (χ1) is 17.4. The molecule has 4 aliphatic rings. The molecule has 1 N–H and O–H groups in total. The Hall–Kier alpha value is -3.64. The van der Waals surface area contributed by atoms with Gasteiger partial charge < -0.3 is 15.1 Å². The van der Waals surface area contributed by atoms with Crippen LogP contribution in [-0.4, -0.2) is 48.4 Å². The lowest BCUT2D eigenvalue weighted by Crippen LogP contribution is -2.47. The normalized spacial score (nSPS) is 20.9. The standard InChI is InChI=1S/C30H33N5O.H2/c1-21-4-5-22(2)25(16-21)20-35-28(36)11-6-24-17-23-18-30(19-23,32-29(24)35)31-26-7-9-27(10-8-26)34-14-12-33(3)13-15-34;/h4-11,16-18,31H,12-15,19-20H2,1-3H3;1H. The molecule has 0 saturated carbocycles. The SMILES string of the molecule is Cc1ccc(C)c(Cn2c(=O)ccc3c2=NC2(Nc4ccc(N5CCN(C)CC5)cc4)C=C(C=3)C2)c1.[HH]. The summed E-state index contributed by atoms with van der Waals surface area (Å²) < 4.78 is 1.82. The molecule has 3 aromatic rings. The monoisotopic (exact) mass is 481 g/mol. The van der Waals surface area contributed by atoms with E-state index in [0.717, 1.165) is 54.6 Å². The molecule has 1 aliphatic carbocycles. The molecule has 6 heteroatoms. The Morgan fingerprint density at radius 3 is 2.50 bits per heavy atom. The van der Waals surface area contributed by atoms with Crippen LogP contribution in [0.1, 0.15) is 24.5 Å². The van der Waals surface area contributed by atoms with Crippen LogP contribution in [0.25, 0.3) is 6.08 Å². The van der Waals surface area contributed by atoms with Gasteiger partial charge in [0.2, 0.25) is 0 Å². The number of nitrogens with zero attached hydrogens (tertiary/aromatic N) is 4. The summed E-state index contributed by atoms with van der Waals surface area (Å²) in [6.45, 7) is 8.99. The number of rotatable bonds is 5. The Morgan fingerprint density at radius 1 is 1.00 bits per heavy atom. The number of aromatic nitrogens is 1. The number of likely N-dealkylation sites (N-methyl/N-ethyl adjacent to an activating group) is 1. The first-order valence-corrected chi connectivity index (χ1v) is 12.8. The van der Waals surface area contributed by atoms with Crippen LogP contribution in [0.4, 0.5) is 11.4 Å². The second kappa shape index (κ2) is 8.79. The molecule has 0 radical (unpaired) electrons. The zero-order valence-corrected chi connectivity index (χ0v) is 21.3. The maximum atomic E-state index is 13.0. The lowest BCUT2D eigenvalue weighted by atomic mass is 9.86. The van der Waals surface area contributed by atoms with Crippen LogP contribution in [0.15, 0.2) is 76.0 Å². The number of pyridine rings is 1. The summed E-state index contributed by atoms with van der Waals surface area (Å²) in [7, 11) is 2.18. The van der Waals surface area contributed by atoms with Crippen LogP contribution in [0.3, 0.4) is 0 Å². The van der Waals surface area contributed by atoms with E-state index < -0.39 is 5.66 Å². The fourth-order valence-corrected chi connectivity index (χ4v) is 5.44. The second-order valence-corrected chi connectivity index (χ2v) is 10.5. The Balaban J connectivity index is 0.00000280. The molecule has 0 amide bonds. The molecule has 0 spiro atoms. The van der Waals surface area contributed by atoms with E-state index in [2.05, 4.69) is 90.6 Å². The van der Waals surface area contributed by atoms with Crippen molar-refractivity contribution in [3.63, 3.8) is 0 Å². The fraction of sp³-hybridized carbons (Fsp3) is 0.333. The minimum atomic E-state index is -0.538. The molecule has 1 saturated heterocycles. The van der Waals surface area contributed by atoms with Gasteiger partial charge in [0.15, 0.2) is 5.66 Å². The molecule has 2 bridgehead atoms. The van der Waals surface area contributed by atoms with Gasteiger partial charge in [-0.3, -0.25) is 9.36 Å². The van der Waals surface area contributed by atoms with Gasteiger partial charge in [0.05, 0.1) is 6.54 Å². The molecule has 2 aromatic carbocycles. The zero-order valence-electron chi connectivity index (χ0n) is 21.3. The number of hydrogen-bond donors (Lipinski definition) is 1. The van der Waals surface area contributed by atoms with Gasteiger partial charge in [-0.15, -0.1) is 0 Å². The van der Waals surface area contributed by atoms with Gasteiger partial charge in [0, 0.05) is 56.7 Å². The highest BCUT2D eigenvalue weighted by atomic mass is 16.1. The summed E-state index contributed by atoms with van der Waals surface area (Å²) in [5.74, 6) is 0. The summed E-state index contributed by atoms with van der Waals surface area (Å²) in [6.07, 6.45) is 5.16. The number of hydrogen-bond acceptors (Lipinski definition) is 5. The lowest BCUT2D eigenvalue weighted by molar-refractivity contribution is 0.313. The van der Waals surface area contributed by atoms with Gasteiger partial charge in [-0.2, -0.15) is 0 Å². The molecule has 3 aliphatic heterocycles. The highest BCUT2D eigenvalue weighted by Gasteiger charge is 2.37. The van der Waals surface area contributed by atoms with Crippen LogP contribution in [0.2, 0.25) is 0 Å². The largest absolute Gasteiger partial charge is 0.369 e. The highest BCUT2D eigenvalue weighted by Crippen LogP contribution is 2.36. The van der Waals surface area contributed by atoms with Crippen molar-refractivity contribution >= 4 is 17.5 Å². The maximum Gasteiger partial charge on any atom is 0.252 e. The van der Waals surface area contributed by atoms with Gasteiger partial charge in [-0.1, -0.05) is 23.8 Å². The lowest BCUT2D eigenvalue weighted by Gasteiger charge is -2.36. The second-order valence-electron chi connectivity index (χ2n) is 10.5. The first-order valence-electron chi connectivity index (χ1n) is 12.8. The van der Waals surface area contributed by atoms with E-state index in [1.54, 1.807) is 6.07 Å². The molecule has 7 rings (SSSR count).